The van der Waals surface area contributed by atoms with Crippen molar-refractivity contribution in [2.45, 2.75) is 40.7 Å². The molecule has 0 saturated carbocycles. The smallest absolute Gasteiger partial charge is 0.312 e. The van der Waals surface area contributed by atoms with E-state index in [4.69, 9.17) is 9.84 Å². The third kappa shape index (κ3) is 4.23. The van der Waals surface area contributed by atoms with Crippen LogP contribution in [-0.2, 0) is 4.79 Å². The van der Waals surface area contributed by atoms with Crippen LogP contribution >= 0.6 is 0 Å². The number of aryl methyl sites for hydroxylation is 1. The fourth-order valence-electron chi connectivity index (χ4n) is 1.87. The van der Waals surface area contributed by atoms with Crippen molar-refractivity contribution in [1.82, 2.24) is 5.32 Å². The molecule has 0 aliphatic carbocycles. The summed E-state index contributed by atoms with van der Waals surface area (Å²) < 4.78 is 5.76. The van der Waals surface area contributed by atoms with Crippen LogP contribution < -0.4 is 10.1 Å². The first-order valence-corrected chi connectivity index (χ1v) is 6.98. The molecule has 20 heavy (non-hydrogen) atoms. The molecule has 0 spiro atoms. The summed E-state index contributed by atoms with van der Waals surface area (Å²) in [5.41, 5.74) is 1.33. The Morgan fingerprint density at radius 3 is 2.65 bits per heavy atom. The highest BCUT2D eigenvalue weighted by Crippen LogP contribution is 2.28. The summed E-state index contributed by atoms with van der Waals surface area (Å²) >= 11 is 0. The third-order valence-corrected chi connectivity index (χ3v) is 3.31. The Balaban J connectivity index is 2.92. The molecule has 4 nitrogen and oxygen atoms in total. The number of benzene rings is 1. The highest BCUT2D eigenvalue weighted by molar-refractivity contribution is 5.73. The maximum atomic E-state index is 11.1. The van der Waals surface area contributed by atoms with Gasteiger partial charge in [0.25, 0.3) is 0 Å². The van der Waals surface area contributed by atoms with Gasteiger partial charge in [-0.25, -0.2) is 0 Å². The number of carboxylic acids is 1. The molecular weight excluding hydrogens is 254 g/mol. The van der Waals surface area contributed by atoms with Crippen LogP contribution in [0.2, 0.25) is 0 Å². The average molecular weight is 279 g/mol. The zero-order valence-electron chi connectivity index (χ0n) is 13.0. The molecule has 0 aliphatic heterocycles. The topological polar surface area (TPSA) is 58.6 Å². The fraction of sp³-hybridized carbons (Fsp3) is 0.562. The quantitative estimate of drug-likeness (QED) is 0.805. The van der Waals surface area contributed by atoms with Crippen molar-refractivity contribution in [1.29, 1.82) is 0 Å². The zero-order chi connectivity index (χ0) is 15.3. The standard InChI is InChI=1S/C16H25NO3/c1-6-17-12(3)13-9-11(2)7-8-14(13)20-10-16(4,5)15(18)19/h7-9,12,17H,6,10H2,1-5H3,(H,18,19). The lowest BCUT2D eigenvalue weighted by Gasteiger charge is -2.23. The van der Waals surface area contributed by atoms with E-state index in [9.17, 15) is 4.79 Å². The van der Waals surface area contributed by atoms with Gasteiger partial charge < -0.3 is 15.2 Å². The van der Waals surface area contributed by atoms with Crippen LogP contribution in [0.5, 0.6) is 5.75 Å². The van der Waals surface area contributed by atoms with Crippen molar-refractivity contribution in [3.05, 3.63) is 29.3 Å². The molecule has 0 heterocycles. The largest absolute Gasteiger partial charge is 0.492 e. The second kappa shape index (κ2) is 6.75. The van der Waals surface area contributed by atoms with Gasteiger partial charge in [-0.2, -0.15) is 0 Å². The van der Waals surface area contributed by atoms with Crippen LogP contribution in [0, 0.1) is 12.3 Å². The summed E-state index contributed by atoms with van der Waals surface area (Å²) in [7, 11) is 0. The fourth-order valence-corrected chi connectivity index (χ4v) is 1.87. The predicted octanol–water partition coefficient (Wildman–Crippen LogP) is 3.16. The third-order valence-electron chi connectivity index (χ3n) is 3.31. The van der Waals surface area contributed by atoms with Crippen molar-refractivity contribution in [3.8, 4) is 5.75 Å². The Bertz CT molecular complexity index is 469. The van der Waals surface area contributed by atoms with Crippen LogP contribution in [0.3, 0.4) is 0 Å². The van der Waals surface area contributed by atoms with Crippen LogP contribution in [-0.4, -0.2) is 24.2 Å². The first kappa shape index (κ1) is 16.5. The Labute approximate surface area is 121 Å². The second-order valence-corrected chi connectivity index (χ2v) is 5.80. The van der Waals surface area contributed by atoms with Crippen LogP contribution in [0.1, 0.15) is 44.9 Å². The van der Waals surface area contributed by atoms with E-state index in [0.29, 0.717) is 0 Å². The minimum Gasteiger partial charge on any atom is -0.492 e. The Morgan fingerprint density at radius 1 is 1.45 bits per heavy atom. The molecule has 0 fully saturated rings. The van der Waals surface area contributed by atoms with Gasteiger partial charge in [-0.15, -0.1) is 0 Å². The molecule has 112 valence electrons. The number of hydrogen-bond donors (Lipinski definition) is 2. The van der Waals surface area contributed by atoms with Crippen molar-refractivity contribution in [2.75, 3.05) is 13.2 Å². The van der Waals surface area contributed by atoms with Crippen molar-refractivity contribution in [3.63, 3.8) is 0 Å². The summed E-state index contributed by atoms with van der Waals surface area (Å²) in [6, 6.07) is 6.14. The van der Waals surface area contributed by atoms with Crippen molar-refractivity contribution < 1.29 is 14.6 Å². The van der Waals surface area contributed by atoms with E-state index in [-0.39, 0.29) is 12.6 Å². The molecule has 0 aromatic heterocycles. The summed E-state index contributed by atoms with van der Waals surface area (Å²) in [5.74, 6) is -0.107. The molecule has 0 bridgehead atoms. The molecule has 1 aromatic carbocycles. The van der Waals surface area contributed by atoms with E-state index < -0.39 is 11.4 Å². The summed E-state index contributed by atoms with van der Waals surface area (Å²) in [6.45, 7) is 10.5. The Kier molecular flexibility index (Phi) is 5.57. The number of aliphatic carboxylic acids is 1. The second-order valence-electron chi connectivity index (χ2n) is 5.80. The lowest BCUT2D eigenvalue weighted by atomic mass is 9.95. The van der Waals surface area contributed by atoms with Crippen molar-refractivity contribution in [2.24, 2.45) is 5.41 Å². The molecule has 4 heteroatoms. The van der Waals surface area contributed by atoms with Crippen LogP contribution in [0.25, 0.3) is 0 Å². The molecule has 1 unspecified atom stereocenters. The molecule has 0 amide bonds. The number of rotatable bonds is 7. The highest BCUT2D eigenvalue weighted by Gasteiger charge is 2.28. The number of carboxylic acid groups (broad SMARTS) is 1. The van der Waals surface area contributed by atoms with E-state index >= 15 is 0 Å². The lowest BCUT2D eigenvalue weighted by Crippen LogP contribution is -2.31. The molecule has 0 radical (unpaired) electrons. The Hall–Kier alpha value is -1.55. The van der Waals surface area contributed by atoms with Gasteiger partial charge in [0.2, 0.25) is 0 Å². The molecule has 2 N–H and O–H groups in total. The minimum absolute atomic E-state index is 0.150. The van der Waals surface area contributed by atoms with Gasteiger partial charge >= 0.3 is 5.97 Å². The van der Waals surface area contributed by atoms with Crippen LogP contribution in [0.4, 0.5) is 0 Å². The predicted molar refractivity (Wildman–Crippen MR) is 80.2 cm³/mol. The molecule has 1 aromatic rings. The SMILES string of the molecule is CCNC(C)c1cc(C)ccc1OCC(C)(C)C(=O)O. The summed E-state index contributed by atoms with van der Waals surface area (Å²) in [6.07, 6.45) is 0. The van der Waals surface area contributed by atoms with E-state index in [1.54, 1.807) is 13.8 Å². The van der Waals surface area contributed by atoms with Gasteiger partial charge in [0.1, 0.15) is 12.4 Å². The molecule has 0 saturated heterocycles. The average Bonchev–Trinajstić information content (AvgIpc) is 2.37. The number of ether oxygens (including phenoxy) is 1. The molecular formula is C16H25NO3. The van der Waals surface area contributed by atoms with Gasteiger partial charge in [-0.1, -0.05) is 24.6 Å². The van der Waals surface area contributed by atoms with Crippen molar-refractivity contribution >= 4 is 5.97 Å². The van der Waals surface area contributed by atoms with Gasteiger partial charge in [0.15, 0.2) is 0 Å². The zero-order valence-corrected chi connectivity index (χ0v) is 13.0. The van der Waals surface area contributed by atoms with E-state index in [0.717, 1.165) is 23.4 Å². The first-order valence-electron chi connectivity index (χ1n) is 6.98. The number of carbonyl (C=O) groups is 1. The maximum Gasteiger partial charge on any atom is 0.312 e. The normalized spacial score (nSPS) is 13.1. The number of hydrogen-bond acceptors (Lipinski definition) is 3. The summed E-state index contributed by atoms with van der Waals surface area (Å²) in [4.78, 5) is 11.1. The van der Waals surface area contributed by atoms with Gasteiger partial charge in [-0.05, 0) is 40.3 Å². The van der Waals surface area contributed by atoms with Gasteiger partial charge in [0.05, 0.1) is 5.41 Å². The monoisotopic (exact) mass is 279 g/mol. The number of nitrogens with one attached hydrogen (secondary N) is 1. The van der Waals surface area contributed by atoms with E-state index in [1.807, 2.05) is 19.1 Å². The van der Waals surface area contributed by atoms with Crippen LogP contribution in [0.15, 0.2) is 18.2 Å². The first-order chi connectivity index (χ1) is 9.27. The van der Waals surface area contributed by atoms with Gasteiger partial charge in [0, 0.05) is 11.6 Å². The van der Waals surface area contributed by atoms with E-state index in [1.165, 1.54) is 0 Å². The highest BCUT2D eigenvalue weighted by atomic mass is 16.5. The maximum absolute atomic E-state index is 11.1. The summed E-state index contributed by atoms with van der Waals surface area (Å²) in [5, 5.41) is 12.5. The molecule has 0 aliphatic rings. The molecule has 1 rings (SSSR count). The minimum atomic E-state index is -0.899. The van der Waals surface area contributed by atoms with E-state index in [2.05, 4.69) is 25.2 Å². The van der Waals surface area contributed by atoms with Gasteiger partial charge in [-0.3, -0.25) is 4.79 Å². The Morgan fingerprint density at radius 2 is 2.10 bits per heavy atom. The molecule has 1 atom stereocenters. The lowest BCUT2D eigenvalue weighted by molar-refractivity contribution is -0.148.